The number of amides is 2. The Balaban J connectivity index is 1.36. The zero-order valence-corrected chi connectivity index (χ0v) is 29.4. The Hall–Kier alpha value is -5.16. The Labute approximate surface area is 290 Å². The van der Waals surface area contributed by atoms with E-state index in [9.17, 15) is 19.7 Å². The second-order valence-corrected chi connectivity index (χ2v) is 14.9. The average Bonchev–Trinajstić information content (AvgIpc) is 3.35. The predicted molar refractivity (Wildman–Crippen MR) is 193 cm³/mol. The van der Waals surface area contributed by atoms with Gasteiger partial charge >= 0.3 is 0 Å². The summed E-state index contributed by atoms with van der Waals surface area (Å²) in [6.45, 7) is 14.4. The average molecular weight is 681 g/mol. The van der Waals surface area contributed by atoms with E-state index >= 15 is 0 Å². The van der Waals surface area contributed by atoms with Crippen LogP contribution in [0.1, 0.15) is 59.6 Å². The first-order valence-electron chi connectivity index (χ1n) is 15.9. The van der Waals surface area contributed by atoms with Crippen LogP contribution in [0.15, 0.2) is 107 Å². The largest absolute Gasteiger partial charge is 0.481 e. The highest BCUT2D eigenvalue weighted by Gasteiger charge is 2.40. The quantitative estimate of drug-likeness (QED) is 0.139. The molecule has 0 fully saturated rings. The molecule has 0 bridgehead atoms. The van der Waals surface area contributed by atoms with Gasteiger partial charge in [0, 0.05) is 6.07 Å². The molecule has 2 amide bonds. The first-order valence-corrected chi connectivity index (χ1v) is 16.8. The third-order valence-corrected chi connectivity index (χ3v) is 9.15. The van der Waals surface area contributed by atoms with Crippen LogP contribution >= 0.6 is 11.8 Å². The van der Waals surface area contributed by atoms with Crippen molar-refractivity contribution in [2.24, 2.45) is 5.10 Å². The SMILES string of the molecule is CC(Oc1ccc(C(C)(C)C)cc1)C(=O)NC1=NN(c2ccc(Oc3ccc(C(C)(C)C)cc3)cc2)C(=O)C1Sc1ccccc1[N+](=O)[O-]. The lowest BCUT2D eigenvalue weighted by Crippen LogP contribution is -2.44. The lowest BCUT2D eigenvalue weighted by atomic mass is 9.87. The highest BCUT2D eigenvalue weighted by atomic mass is 32.2. The minimum absolute atomic E-state index is 0.0201. The number of rotatable bonds is 9. The van der Waals surface area contributed by atoms with Gasteiger partial charge in [0.15, 0.2) is 17.2 Å². The lowest BCUT2D eigenvalue weighted by Gasteiger charge is -2.20. The smallest absolute Gasteiger partial charge is 0.282 e. The monoisotopic (exact) mass is 680 g/mol. The zero-order valence-electron chi connectivity index (χ0n) is 28.6. The molecule has 0 spiro atoms. The van der Waals surface area contributed by atoms with E-state index in [1.54, 1.807) is 49.4 Å². The van der Waals surface area contributed by atoms with Gasteiger partial charge in [0.05, 0.1) is 15.5 Å². The molecule has 0 saturated heterocycles. The van der Waals surface area contributed by atoms with E-state index in [1.807, 2.05) is 48.5 Å². The minimum atomic E-state index is -1.07. The fourth-order valence-corrected chi connectivity index (χ4v) is 6.08. The van der Waals surface area contributed by atoms with Crippen LogP contribution in [0.5, 0.6) is 17.2 Å². The molecule has 0 aliphatic carbocycles. The molecule has 0 aromatic heterocycles. The highest BCUT2D eigenvalue weighted by Crippen LogP contribution is 2.37. The molecule has 0 saturated carbocycles. The molecule has 0 radical (unpaired) electrons. The van der Waals surface area contributed by atoms with Crippen molar-refractivity contribution in [1.29, 1.82) is 0 Å². The number of para-hydroxylation sites is 1. The summed E-state index contributed by atoms with van der Waals surface area (Å²) < 4.78 is 11.9. The van der Waals surface area contributed by atoms with Gasteiger partial charge in [-0.05, 0) is 83.5 Å². The topological polar surface area (TPSA) is 123 Å². The summed E-state index contributed by atoms with van der Waals surface area (Å²) in [5, 5.41) is 19.1. The molecule has 5 rings (SSSR count). The molecule has 10 nitrogen and oxygen atoms in total. The van der Waals surface area contributed by atoms with Crippen LogP contribution in [-0.4, -0.2) is 33.9 Å². The number of hydrogen-bond donors (Lipinski definition) is 1. The highest BCUT2D eigenvalue weighted by molar-refractivity contribution is 8.01. The number of hydrogen-bond acceptors (Lipinski definition) is 8. The molecule has 49 heavy (non-hydrogen) atoms. The van der Waals surface area contributed by atoms with Crippen LogP contribution in [0.2, 0.25) is 0 Å². The van der Waals surface area contributed by atoms with Crippen LogP contribution in [0.3, 0.4) is 0 Å². The maximum atomic E-state index is 13.9. The Kier molecular flexibility index (Phi) is 10.1. The third kappa shape index (κ3) is 8.47. The molecular formula is C38H40N4O6S. The van der Waals surface area contributed by atoms with E-state index in [2.05, 4.69) is 52.0 Å². The Morgan fingerprint density at radius 3 is 1.88 bits per heavy atom. The molecule has 2 atom stereocenters. The molecule has 1 aliphatic heterocycles. The normalized spacial score (nSPS) is 15.4. The number of benzene rings is 4. The van der Waals surface area contributed by atoms with Crippen LogP contribution in [0.4, 0.5) is 11.4 Å². The molecular weight excluding hydrogens is 641 g/mol. The summed E-state index contributed by atoms with van der Waals surface area (Å²) in [6, 6.07) is 28.3. The van der Waals surface area contributed by atoms with E-state index in [0.29, 0.717) is 22.9 Å². The van der Waals surface area contributed by atoms with E-state index in [0.717, 1.165) is 17.3 Å². The van der Waals surface area contributed by atoms with Gasteiger partial charge in [-0.25, -0.2) is 0 Å². The van der Waals surface area contributed by atoms with E-state index in [1.165, 1.54) is 16.6 Å². The minimum Gasteiger partial charge on any atom is -0.481 e. The molecule has 254 valence electrons. The van der Waals surface area contributed by atoms with Gasteiger partial charge in [-0.1, -0.05) is 89.7 Å². The van der Waals surface area contributed by atoms with Crippen molar-refractivity contribution in [2.45, 2.75) is 75.5 Å². The second-order valence-electron chi connectivity index (χ2n) is 13.8. The van der Waals surface area contributed by atoms with Crippen molar-refractivity contribution in [2.75, 3.05) is 5.01 Å². The molecule has 4 aromatic carbocycles. The van der Waals surface area contributed by atoms with Crippen LogP contribution < -0.4 is 19.8 Å². The summed E-state index contributed by atoms with van der Waals surface area (Å²) in [5.41, 5.74) is 2.57. The van der Waals surface area contributed by atoms with E-state index in [4.69, 9.17) is 9.47 Å². The molecule has 1 N–H and O–H groups in total. The van der Waals surface area contributed by atoms with Crippen molar-refractivity contribution >= 4 is 40.8 Å². The van der Waals surface area contributed by atoms with Gasteiger partial charge in [0.2, 0.25) is 0 Å². The maximum Gasteiger partial charge on any atom is 0.282 e. The first kappa shape index (κ1) is 35.2. The molecule has 1 heterocycles. The van der Waals surface area contributed by atoms with Gasteiger partial charge in [-0.3, -0.25) is 19.7 Å². The van der Waals surface area contributed by atoms with E-state index in [-0.39, 0.29) is 27.2 Å². The van der Waals surface area contributed by atoms with Crippen LogP contribution in [-0.2, 0) is 20.4 Å². The number of nitro groups is 1. The third-order valence-electron chi connectivity index (χ3n) is 7.89. The molecule has 4 aromatic rings. The van der Waals surface area contributed by atoms with Gasteiger partial charge < -0.3 is 14.8 Å². The summed E-state index contributed by atoms with van der Waals surface area (Å²) in [7, 11) is 0. The Morgan fingerprint density at radius 2 is 1.35 bits per heavy atom. The zero-order chi connectivity index (χ0) is 35.5. The molecule has 11 heteroatoms. The van der Waals surface area contributed by atoms with Gasteiger partial charge in [-0.2, -0.15) is 5.01 Å². The van der Waals surface area contributed by atoms with Crippen molar-refractivity contribution in [3.8, 4) is 17.2 Å². The molecule has 2 unspecified atom stereocenters. The number of nitrogens with one attached hydrogen (secondary N) is 1. The number of carbonyl (C=O) groups is 2. The number of thioether (sulfide) groups is 1. The van der Waals surface area contributed by atoms with Gasteiger partial charge in [-0.15, -0.1) is 5.10 Å². The maximum absolute atomic E-state index is 13.9. The van der Waals surface area contributed by atoms with Crippen molar-refractivity contribution in [3.63, 3.8) is 0 Å². The second kappa shape index (κ2) is 14.1. The summed E-state index contributed by atoms with van der Waals surface area (Å²) in [6.07, 6.45) is -0.932. The van der Waals surface area contributed by atoms with Crippen molar-refractivity contribution in [1.82, 2.24) is 5.32 Å². The van der Waals surface area contributed by atoms with Crippen LogP contribution in [0.25, 0.3) is 0 Å². The Morgan fingerprint density at radius 1 is 0.837 bits per heavy atom. The number of nitrogens with zero attached hydrogens (tertiary/aromatic N) is 3. The lowest BCUT2D eigenvalue weighted by molar-refractivity contribution is -0.387. The fraction of sp³-hybridized carbons (Fsp3) is 0.289. The van der Waals surface area contributed by atoms with Crippen molar-refractivity contribution in [3.05, 3.63) is 118 Å². The summed E-state index contributed by atoms with van der Waals surface area (Å²) >= 11 is 0.946. The number of anilines is 1. The first-order chi connectivity index (χ1) is 23.1. The number of carbonyl (C=O) groups excluding carboxylic acids is 2. The predicted octanol–water partition coefficient (Wildman–Crippen LogP) is 8.39. The van der Waals surface area contributed by atoms with E-state index < -0.39 is 28.1 Å². The fourth-order valence-electron chi connectivity index (χ4n) is 4.99. The Bertz CT molecular complexity index is 1860. The molecule has 1 aliphatic rings. The number of ether oxygens (including phenoxy) is 2. The standard InChI is InChI=1S/C38H40N4O6S/c1-24(47-28-18-12-25(13-19-28)37(2,3)4)35(43)39-34-33(49-32-11-9-8-10-31(32)42(45)46)36(44)41(40-34)27-16-22-30(23-17-27)48-29-20-14-26(15-21-29)38(5,6)7/h8-24,33H,1-7H3,(H,39,40,43). The summed E-state index contributed by atoms with van der Waals surface area (Å²) in [5.74, 6) is 0.780. The van der Waals surface area contributed by atoms with Gasteiger partial charge in [0.1, 0.15) is 17.2 Å². The number of nitro benzene ring substituents is 1. The number of amidine groups is 1. The number of hydrazone groups is 1. The summed E-state index contributed by atoms with van der Waals surface area (Å²) in [4.78, 5) is 38.7. The van der Waals surface area contributed by atoms with Gasteiger partial charge in [0.25, 0.3) is 17.5 Å². The van der Waals surface area contributed by atoms with Crippen LogP contribution in [0, 0.1) is 10.1 Å². The van der Waals surface area contributed by atoms with Crippen molar-refractivity contribution < 1.29 is 24.0 Å².